The van der Waals surface area contributed by atoms with E-state index in [9.17, 15) is 10.1 Å². The third-order valence-electron chi connectivity index (χ3n) is 2.51. The third-order valence-corrected chi connectivity index (χ3v) is 2.94. The van der Waals surface area contributed by atoms with Crippen LogP contribution in [0.5, 0.6) is 0 Å². The number of non-ortho nitro benzene ring substituents is 1. The van der Waals surface area contributed by atoms with Gasteiger partial charge in [-0.3, -0.25) is 10.1 Å². The molecule has 1 aromatic carbocycles. The summed E-state index contributed by atoms with van der Waals surface area (Å²) < 4.78 is 8.07. The van der Waals surface area contributed by atoms with Crippen LogP contribution in [0.4, 0.5) is 5.69 Å². The first-order valence-corrected chi connectivity index (χ1v) is 5.59. The number of benzene rings is 1. The van der Waals surface area contributed by atoms with Gasteiger partial charge in [-0.15, -0.1) is 12.1 Å². The maximum Gasteiger partial charge on any atom is 0.245 e. The van der Waals surface area contributed by atoms with Crippen LogP contribution < -0.4 is 0 Å². The lowest BCUT2D eigenvalue weighted by Crippen LogP contribution is -2.30. The first-order chi connectivity index (χ1) is 8.18. The minimum absolute atomic E-state index is 0.0604. The van der Waals surface area contributed by atoms with E-state index in [1.54, 1.807) is 12.1 Å². The van der Waals surface area contributed by atoms with Crippen molar-refractivity contribution in [3.63, 3.8) is 0 Å². The molecule has 6 heteroatoms. The molecule has 0 aliphatic carbocycles. The molecule has 0 aromatic heterocycles. The van der Waals surface area contributed by atoms with Gasteiger partial charge in [-0.25, -0.2) is 0 Å². The maximum atomic E-state index is 10.5. The lowest BCUT2D eigenvalue weighted by molar-refractivity contribution is -0.384. The normalized spacial score (nSPS) is 16.8. The van der Waals surface area contributed by atoms with Gasteiger partial charge in [-0.05, 0) is 12.1 Å². The Hall–Kier alpha value is -1.30. The number of ether oxygens (including phenoxy) is 1. The fourth-order valence-corrected chi connectivity index (χ4v) is 1.86. The van der Waals surface area contributed by atoms with Gasteiger partial charge in [-0.1, -0.05) is 17.2 Å². The van der Waals surface area contributed by atoms with Crippen LogP contribution in [0.3, 0.4) is 0 Å². The summed E-state index contributed by atoms with van der Waals surface area (Å²) in [4.78, 5) is 10.1. The average Bonchev–Trinajstić information content (AvgIpc) is 2.39. The summed E-state index contributed by atoms with van der Waals surface area (Å²) >= 11 is 6.20. The molecular weight excluding hydrogens is 246 g/mol. The Kier molecular flexibility index (Phi) is 3.83. The van der Waals surface area contributed by atoms with Gasteiger partial charge in [-0.2, -0.15) is 0 Å². The lowest BCUT2D eigenvalue weighted by atomic mass is 10.2. The van der Waals surface area contributed by atoms with Crippen molar-refractivity contribution in [2.45, 2.75) is 0 Å². The highest BCUT2D eigenvalue weighted by molar-refractivity contribution is 6.28. The fraction of sp³-hybridized carbons (Fsp3) is 0.364. The number of hydrogen-bond acceptors (Lipinski definition) is 3. The topological polar surface area (TPSA) is 55.1 Å². The molecule has 0 amide bonds. The Morgan fingerprint density at radius 3 is 2.41 bits per heavy atom. The summed E-state index contributed by atoms with van der Waals surface area (Å²) in [6.07, 6.45) is 0. The van der Waals surface area contributed by atoms with Crippen LogP contribution >= 0.6 is 11.6 Å². The molecule has 0 N–H and O–H groups in total. The van der Waals surface area contributed by atoms with Crippen LogP contribution in [0.25, 0.3) is 0 Å². The van der Waals surface area contributed by atoms with Gasteiger partial charge in [0.1, 0.15) is 13.2 Å². The zero-order chi connectivity index (χ0) is 12.3. The Bertz CT molecular complexity index is 389. The molecule has 1 aliphatic rings. The number of nitro groups is 1. The van der Waals surface area contributed by atoms with E-state index in [0.29, 0.717) is 32.0 Å². The largest absolute Gasteiger partial charge is 0.427 e. The van der Waals surface area contributed by atoms with E-state index >= 15 is 0 Å². The van der Waals surface area contributed by atoms with Gasteiger partial charge in [0.2, 0.25) is 5.69 Å². The molecule has 1 heterocycles. The van der Waals surface area contributed by atoms with Gasteiger partial charge in [0.15, 0.2) is 18.8 Å². The molecule has 1 fully saturated rings. The number of hydrogen-bond donors (Lipinski definition) is 0. The van der Waals surface area contributed by atoms with Crippen molar-refractivity contribution in [1.29, 1.82) is 0 Å². The summed E-state index contributed by atoms with van der Waals surface area (Å²) in [5, 5.41) is 10.5. The van der Waals surface area contributed by atoms with Crippen molar-refractivity contribution >= 4 is 17.3 Å². The molecule has 1 saturated heterocycles. The predicted octanol–water partition coefficient (Wildman–Crippen LogP) is 2.25. The Morgan fingerprint density at radius 1 is 1.29 bits per heavy atom. The molecule has 0 atom stereocenters. The molecule has 0 unspecified atom stereocenters. The molecule has 0 bridgehead atoms. The molecule has 92 valence electrons. The second-order valence-corrected chi connectivity index (χ2v) is 3.93. The molecule has 5 nitrogen and oxygen atoms in total. The quantitative estimate of drug-likeness (QED) is 0.361. The summed E-state index contributed by atoms with van der Waals surface area (Å²) in [6, 6.07) is 6.17. The fourth-order valence-electron chi connectivity index (χ4n) is 1.58. The van der Waals surface area contributed by atoms with E-state index in [4.69, 9.17) is 16.3 Å². The van der Waals surface area contributed by atoms with Gasteiger partial charge >= 0.3 is 0 Å². The SMILES string of the molecule is O=[N+]([O-])c1ccc([C-](Cl)[O+]2CCOCC2)cc1. The van der Waals surface area contributed by atoms with Gasteiger partial charge in [0.05, 0.1) is 4.92 Å². The molecule has 0 radical (unpaired) electrons. The molecule has 0 saturated carbocycles. The zero-order valence-electron chi connectivity index (χ0n) is 9.10. The minimum Gasteiger partial charge on any atom is -0.427 e. The van der Waals surface area contributed by atoms with Crippen molar-refractivity contribution in [3.8, 4) is 0 Å². The first kappa shape index (κ1) is 12.2. The second-order valence-electron chi connectivity index (χ2n) is 3.59. The Labute approximate surface area is 104 Å². The molecule has 17 heavy (non-hydrogen) atoms. The molecule has 1 aliphatic heterocycles. The van der Waals surface area contributed by atoms with E-state index < -0.39 is 4.92 Å². The van der Waals surface area contributed by atoms with Crippen LogP contribution in [0.2, 0.25) is 0 Å². The van der Waals surface area contributed by atoms with Crippen LogP contribution in [0, 0.1) is 15.7 Å². The highest BCUT2D eigenvalue weighted by Gasteiger charge is 2.21. The molecule has 2 rings (SSSR count). The van der Waals surface area contributed by atoms with Crippen LogP contribution in [-0.4, -0.2) is 31.4 Å². The second kappa shape index (κ2) is 5.35. The summed E-state index contributed by atoms with van der Waals surface area (Å²) in [5.41, 5.74) is 1.34. The van der Waals surface area contributed by atoms with Crippen molar-refractivity contribution in [2.75, 3.05) is 26.4 Å². The number of halogens is 1. The van der Waals surface area contributed by atoms with Gasteiger partial charge < -0.3 is 9.10 Å². The van der Waals surface area contributed by atoms with Crippen molar-refractivity contribution < 1.29 is 14.0 Å². The van der Waals surface area contributed by atoms with Crippen molar-refractivity contribution in [2.24, 2.45) is 0 Å². The summed E-state index contributed by atoms with van der Waals surface area (Å²) in [7, 11) is 0. The van der Waals surface area contributed by atoms with Crippen molar-refractivity contribution in [1.82, 2.24) is 0 Å². The first-order valence-electron chi connectivity index (χ1n) is 5.21. The zero-order valence-corrected chi connectivity index (χ0v) is 9.85. The highest BCUT2D eigenvalue weighted by atomic mass is 35.5. The van der Waals surface area contributed by atoms with Crippen LogP contribution in [0.1, 0.15) is 5.56 Å². The summed E-state index contributed by atoms with van der Waals surface area (Å²) in [5.74, 6) is 0. The van der Waals surface area contributed by atoms with Gasteiger partial charge in [0, 0.05) is 0 Å². The van der Waals surface area contributed by atoms with Crippen LogP contribution in [0.15, 0.2) is 24.3 Å². The van der Waals surface area contributed by atoms with Crippen LogP contribution in [-0.2, 0) is 9.10 Å². The molecular formula is C11H12ClNO4. The van der Waals surface area contributed by atoms with E-state index in [-0.39, 0.29) is 5.69 Å². The Morgan fingerprint density at radius 2 is 1.88 bits per heavy atom. The van der Waals surface area contributed by atoms with E-state index in [1.807, 2.05) is 0 Å². The number of nitro benzene ring substituents is 1. The smallest absolute Gasteiger partial charge is 0.245 e. The van der Waals surface area contributed by atoms with E-state index in [2.05, 4.69) is 4.37 Å². The van der Waals surface area contributed by atoms with Gasteiger partial charge in [0.25, 0.3) is 0 Å². The lowest BCUT2D eigenvalue weighted by Gasteiger charge is -2.30. The predicted molar refractivity (Wildman–Crippen MR) is 62.9 cm³/mol. The van der Waals surface area contributed by atoms with Crippen molar-refractivity contribution in [3.05, 3.63) is 45.5 Å². The monoisotopic (exact) mass is 257 g/mol. The number of nitrogens with zero attached hydrogens (tertiary/aromatic N) is 1. The Balaban J connectivity index is 2.07. The highest BCUT2D eigenvalue weighted by Crippen LogP contribution is 2.29. The number of rotatable bonds is 3. The molecule has 0 spiro atoms. The van der Waals surface area contributed by atoms with E-state index in [0.717, 1.165) is 5.56 Å². The van der Waals surface area contributed by atoms with E-state index in [1.165, 1.54) is 12.1 Å². The maximum absolute atomic E-state index is 10.5. The molecule has 1 aromatic rings. The standard InChI is InChI=1S/C11H12ClNO4/c12-11(17-7-5-16-6-8-17)9-1-3-10(4-2-9)13(14)15/h1-4H,5-8H2. The minimum atomic E-state index is -0.431. The third kappa shape index (κ3) is 2.88. The summed E-state index contributed by atoms with van der Waals surface area (Å²) in [6.45, 7) is 2.56. The average molecular weight is 258 g/mol.